The molecule has 7 heteroatoms. The number of alkyl carbamates (subject to hydrolysis) is 1. The molecule has 0 aliphatic carbocycles. The van der Waals surface area contributed by atoms with Gasteiger partial charge in [-0.2, -0.15) is 0 Å². The molecule has 1 fully saturated rings. The zero-order chi connectivity index (χ0) is 15.9. The van der Waals surface area contributed by atoms with Crippen LogP contribution < -0.4 is 10.1 Å². The Morgan fingerprint density at radius 2 is 2.09 bits per heavy atom. The Hall–Kier alpha value is -2.31. The zero-order valence-corrected chi connectivity index (χ0v) is 12.4. The van der Waals surface area contributed by atoms with E-state index in [9.17, 15) is 14.0 Å². The fraction of sp³-hybridized carbons (Fsp3) is 0.467. The van der Waals surface area contributed by atoms with E-state index in [1.807, 2.05) is 0 Å². The van der Waals surface area contributed by atoms with E-state index in [2.05, 4.69) is 10.1 Å². The fourth-order valence-electron chi connectivity index (χ4n) is 2.29. The number of nitrogens with zero attached hydrogens (tertiary/aromatic N) is 1. The summed E-state index contributed by atoms with van der Waals surface area (Å²) < 4.78 is 22.8. The van der Waals surface area contributed by atoms with Gasteiger partial charge in [0.2, 0.25) is 0 Å². The summed E-state index contributed by atoms with van der Waals surface area (Å²) in [6.07, 6.45) is 0.876. The first-order valence-electron chi connectivity index (χ1n) is 7.09. The van der Waals surface area contributed by atoms with Crippen molar-refractivity contribution in [2.45, 2.75) is 18.9 Å². The first kappa shape index (κ1) is 16.1. The predicted octanol–water partition coefficient (Wildman–Crippen LogP) is 1.55. The van der Waals surface area contributed by atoms with Crippen molar-refractivity contribution < 1.29 is 23.5 Å². The maximum atomic E-state index is 13.0. The minimum absolute atomic E-state index is 0.0145. The standard InChI is InChI=1S/C15H19FN2O4/c1-21-15(20)17-12-5-7-18(8-6-12)14(19)10-22-13-4-2-3-11(16)9-13/h2-4,9,12H,5-8,10H2,1H3,(H,17,20). The third-order valence-electron chi connectivity index (χ3n) is 3.51. The lowest BCUT2D eigenvalue weighted by atomic mass is 10.1. The first-order chi connectivity index (χ1) is 10.6. The smallest absolute Gasteiger partial charge is 0.407 e. The number of hydrogen-bond donors (Lipinski definition) is 1. The molecule has 1 heterocycles. The average Bonchev–Trinajstić information content (AvgIpc) is 2.53. The summed E-state index contributed by atoms with van der Waals surface area (Å²) in [4.78, 5) is 24.8. The maximum absolute atomic E-state index is 13.0. The number of piperidine rings is 1. The highest BCUT2D eigenvalue weighted by molar-refractivity contribution is 5.78. The quantitative estimate of drug-likeness (QED) is 0.916. The summed E-state index contributed by atoms with van der Waals surface area (Å²) in [6, 6.07) is 5.69. The lowest BCUT2D eigenvalue weighted by Crippen LogP contribution is -2.47. The van der Waals surface area contributed by atoms with Gasteiger partial charge >= 0.3 is 6.09 Å². The predicted molar refractivity (Wildman–Crippen MR) is 77.0 cm³/mol. The van der Waals surface area contributed by atoms with Crippen LogP contribution in [0.4, 0.5) is 9.18 Å². The second kappa shape index (κ2) is 7.63. The van der Waals surface area contributed by atoms with E-state index in [0.717, 1.165) is 0 Å². The third kappa shape index (κ3) is 4.61. The number of amides is 2. The summed E-state index contributed by atoms with van der Waals surface area (Å²) in [6.45, 7) is 0.957. The molecule has 0 saturated carbocycles. The van der Waals surface area contributed by atoms with Crippen LogP contribution in [0, 0.1) is 5.82 Å². The number of benzene rings is 1. The van der Waals surface area contributed by atoms with E-state index in [-0.39, 0.29) is 18.6 Å². The van der Waals surface area contributed by atoms with Crippen molar-refractivity contribution in [1.29, 1.82) is 0 Å². The monoisotopic (exact) mass is 310 g/mol. The van der Waals surface area contributed by atoms with Crippen LogP contribution in [-0.4, -0.2) is 49.7 Å². The van der Waals surface area contributed by atoms with E-state index < -0.39 is 11.9 Å². The van der Waals surface area contributed by atoms with Gasteiger partial charge in [0.05, 0.1) is 7.11 Å². The first-order valence-corrected chi connectivity index (χ1v) is 7.09. The minimum Gasteiger partial charge on any atom is -0.484 e. The number of nitrogens with one attached hydrogen (secondary N) is 1. The van der Waals surface area contributed by atoms with E-state index in [1.54, 1.807) is 11.0 Å². The summed E-state index contributed by atoms with van der Waals surface area (Å²) in [5.41, 5.74) is 0. The molecule has 0 radical (unpaired) electrons. The second-order valence-corrected chi connectivity index (χ2v) is 5.04. The molecule has 22 heavy (non-hydrogen) atoms. The molecule has 1 aromatic rings. The molecule has 0 spiro atoms. The van der Waals surface area contributed by atoms with Gasteiger partial charge in [-0.05, 0) is 25.0 Å². The molecule has 1 saturated heterocycles. The Morgan fingerprint density at radius 1 is 1.36 bits per heavy atom. The topological polar surface area (TPSA) is 67.9 Å². The van der Waals surface area contributed by atoms with E-state index in [4.69, 9.17) is 4.74 Å². The van der Waals surface area contributed by atoms with Crippen LogP contribution in [-0.2, 0) is 9.53 Å². The van der Waals surface area contributed by atoms with Crippen molar-refractivity contribution in [3.8, 4) is 5.75 Å². The highest BCUT2D eigenvalue weighted by atomic mass is 19.1. The van der Waals surface area contributed by atoms with Gasteiger partial charge in [0.1, 0.15) is 11.6 Å². The van der Waals surface area contributed by atoms with Crippen molar-refractivity contribution in [2.24, 2.45) is 0 Å². The molecule has 120 valence electrons. The SMILES string of the molecule is COC(=O)NC1CCN(C(=O)COc2cccc(F)c2)CC1. The van der Waals surface area contributed by atoms with Crippen LogP contribution in [0.1, 0.15) is 12.8 Å². The van der Waals surface area contributed by atoms with Crippen molar-refractivity contribution in [2.75, 3.05) is 26.8 Å². The summed E-state index contributed by atoms with van der Waals surface area (Å²) in [7, 11) is 1.32. The molecule has 0 atom stereocenters. The highest BCUT2D eigenvalue weighted by Gasteiger charge is 2.24. The average molecular weight is 310 g/mol. The van der Waals surface area contributed by atoms with Gasteiger partial charge in [-0.3, -0.25) is 4.79 Å². The molecule has 1 N–H and O–H groups in total. The number of carbonyl (C=O) groups excluding carboxylic acids is 2. The van der Waals surface area contributed by atoms with Crippen LogP contribution in [0.5, 0.6) is 5.75 Å². The Labute approximate surface area is 128 Å². The second-order valence-electron chi connectivity index (χ2n) is 5.04. The molecule has 6 nitrogen and oxygen atoms in total. The van der Waals surface area contributed by atoms with Gasteiger partial charge in [0, 0.05) is 25.2 Å². The lowest BCUT2D eigenvalue weighted by molar-refractivity contribution is -0.134. The maximum Gasteiger partial charge on any atom is 0.407 e. The number of carbonyl (C=O) groups is 2. The molecule has 0 aromatic heterocycles. The van der Waals surface area contributed by atoms with Crippen molar-refractivity contribution in [1.82, 2.24) is 10.2 Å². The molecular weight excluding hydrogens is 291 g/mol. The van der Waals surface area contributed by atoms with Gasteiger partial charge in [0.25, 0.3) is 5.91 Å². The van der Waals surface area contributed by atoms with Crippen LogP contribution in [0.15, 0.2) is 24.3 Å². The Morgan fingerprint density at radius 3 is 2.73 bits per heavy atom. The number of ether oxygens (including phenoxy) is 2. The van der Waals surface area contributed by atoms with E-state index in [0.29, 0.717) is 31.7 Å². The van der Waals surface area contributed by atoms with E-state index in [1.165, 1.54) is 25.3 Å². The van der Waals surface area contributed by atoms with Gasteiger partial charge < -0.3 is 19.7 Å². The number of likely N-dealkylation sites (tertiary alicyclic amines) is 1. The number of methoxy groups -OCH3 is 1. The molecule has 2 rings (SSSR count). The van der Waals surface area contributed by atoms with Crippen molar-refractivity contribution in [3.63, 3.8) is 0 Å². The number of hydrogen-bond acceptors (Lipinski definition) is 4. The van der Waals surface area contributed by atoms with Gasteiger partial charge in [-0.15, -0.1) is 0 Å². The van der Waals surface area contributed by atoms with Crippen molar-refractivity contribution in [3.05, 3.63) is 30.1 Å². The Kier molecular flexibility index (Phi) is 5.57. The van der Waals surface area contributed by atoms with Gasteiger partial charge in [0.15, 0.2) is 6.61 Å². The van der Waals surface area contributed by atoms with Crippen molar-refractivity contribution >= 4 is 12.0 Å². The van der Waals surface area contributed by atoms with Crippen LogP contribution >= 0.6 is 0 Å². The zero-order valence-electron chi connectivity index (χ0n) is 12.4. The van der Waals surface area contributed by atoms with Crippen LogP contribution in [0.3, 0.4) is 0 Å². The van der Waals surface area contributed by atoms with Gasteiger partial charge in [-0.25, -0.2) is 9.18 Å². The van der Waals surface area contributed by atoms with Crippen LogP contribution in [0.2, 0.25) is 0 Å². The lowest BCUT2D eigenvalue weighted by Gasteiger charge is -2.32. The molecular formula is C15H19FN2O4. The fourth-order valence-corrected chi connectivity index (χ4v) is 2.29. The third-order valence-corrected chi connectivity index (χ3v) is 3.51. The largest absolute Gasteiger partial charge is 0.484 e. The summed E-state index contributed by atoms with van der Waals surface area (Å²) in [5.74, 6) is -0.226. The Balaban J connectivity index is 1.74. The molecule has 1 aliphatic heterocycles. The van der Waals surface area contributed by atoms with E-state index >= 15 is 0 Å². The highest BCUT2D eigenvalue weighted by Crippen LogP contribution is 2.14. The molecule has 0 unspecified atom stereocenters. The number of halogens is 1. The molecule has 1 aromatic carbocycles. The number of rotatable bonds is 4. The molecule has 2 amide bonds. The normalized spacial score (nSPS) is 15.3. The summed E-state index contributed by atoms with van der Waals surface area (Å²) in [5, 5.41) is 2.72. The van der Waals surface area contributed by atoms with Gasteiger partial charge in [-0.1, -0.05) is 6.07 Å². The Bertz CT molecular complexity index is 530. The molecule has 0 bridgehead atoms. The van der Waals surface area contributed by atoms with Crippen LogP contribution in [0.25, 0.3) is 0 Å². The molecule has 1 aliphatic rings. The summed E-state index contributed by atoms with van der Waals surface area (Å²) >= 11 is 0. The minimum atomic E-state index is -0.459.